The van der Waals surface area contributed by atoms with E-state index < -0.39 is 0 Å². The molecule has 1 aliphatic rings. The molecule has 0 spiro atoms. The van der Waals surface area contributed by atoms with Gasteiger partial charge in [-0.15, -0.1) is 0 Å². The summed E-state index contributed by atoms with van der Waals surface area (Å²) in [6, 6.07) is 0.812. The molecule has 1 fully saturated rings. The van der Waals surface area contributed by atoms with Crippen molar-refractivity contribution >= 4 is 0 Å². The van der Waals surface area contributed by atoms with Crippen LogP contribution in [0, 0.1) is 0 Å². The molecule has 1 atom stereocenters. The standard InChI is InChI=1S/C7H15N/c1-4-5-6-7(2,3)8-6/h6,8H,4-5H2,1-3H3. The molecule has 1 heteroatoms. The number of hydrogen-bond donors (Lipinski definition) is 1. The molecule has 0 amide bonds. The summed E-state index contributed by atoms with van der Waals surface area (Å²) >= 11 is 0. The fraction of sp³-hybridized carbons (Fsp3) is 1.00. The van der Waals surface area contributed by atoms with Gasteiger partial charge in [-0.1, -0.05) is 13.3 Å². The van der Waals surface area contributed by atoms with Gasteiger partial charge in [-0.3, -0.25) is 0 Å². The third-order valence-electron chi connectivity index (χ3n) is 1.91. The topological polar surface area (TPSA) is 21.9 Å². The first-order valence-corrected chi connectivity index (χ1v) is 3.44. The lowest BCUT2D eigenvalue weighted by Gasteiger charge is -1.94. The van der Waals surface area contributed by atoms with E-state index in [4.69, 9.17) is 0 Å². The Labute approximate surface area is 51.5 Å². The van der Waals surface area contributed by atoms with Crippen molar-refractivity contribution in [2.45, 2.75) is 45.2 Å². The van der Waals surface area contributed by atoms with Crippen LogP contribution in [0.15, 0.2) is 0 Å². The van der Waals surface area contributed by atoms with Gasteiger partial charge in [0, 0.05) is 11.6 Å². The minimum atomic E-state index is 0.468. The predicted octanol–water partition coefficient (Wildman–Crippen LogP) is 1.54. The second kappa shape index (κ2) is 1.73. The lowest BCUT2D eigenvalue weighted by atomic mass is 10.1. The molecule has 1 rings (SSSR count). The maximum Gasteiger partial charge on any atom is 0.0281 e. The highest BCUT2D eigenvalue weighted by Crippen LogP contribution is 2.27. The molecule has 1 aliphatic heterocycles. The van der Waals surface area contributed by atoms with E-state index in [1.807, 2.05) is 0 Å². The van der Waals surface area contributed by atoms with Crippen LogP contribution < -0.4 is 5.32 Å². The molecule has 0 radical (unpaired) electrons. The summed E-state index contributed by atoms with van der Waals surface area (Å²) in [5.74, 6) is 0. The van der Waals surface area contributed by atoms with Crippen LogP contribution >= 0.6 is 0 Å². The van der Waals surface area contributed by atoms with Crippen LogP contribution in [-0.4, -0.2) is 11.6 Å². The molecule has 1 unspecified atom stereocenters. The fourth-order valence-corrected chi connectivity index (χ4v) is 1.13. The number of rotatable bonds is 2. The summed E-state index contributed by atoms with van der Waals surface area (Å²) in [4.78, 5) is 0. The number of nitrogens with one attached hydrogen (secondary N) is 1. The van der Waals surface area contributed by atoms with E-state index >= 15 is 0 Å². The van der Waals surface area contributed by atoms with Crippen molar-refractivity contribution in [3.8, 4) is 0 Å². The lowest BCUT2D eigenvalue weighted by Crippen LogP contribution is -2.02. The molecular weight excluding hydrogens is 98.1 g/mol. The Morgan fingerprint density at radius 3 is 2.12 bits per heavy atom. The maximum atomic E-state index is 3.41. The summed E-state index contributed by atoms with van der Waals surface area (Å²) in [6.45, 7) is 6.75. The van der Waals surface area contributed by atoms with Crippen molar-refractivity contribution in [3.05, 3.63) is 0 Å². The quantitative estimate of drug-likeness (QED) is 0.539. The van der Waals surface area contributed by atoms with Crippen LogP contribution in [0.5, 0.6) is 0 Å². The van der Waals surface area contributed by atoms with Gasteiger partial charge in [0.25, 0.3) is 0 Å². The Morgan fingerprint density at radius 1 is 1.50 bits per heavy atom. The van der Waals surface area contributed by atoms with Crippen molar-refractivity contribution in [1.29, 1.82) is 0 Å². The van der Waals surface area contributed by atoms with Gasteiger partial charge in [-0.2, -0.15) is 0 Å². The Bertz CT molecular complexity index is 86.4. The van der Waals surface area contributed by atoms with E-state index in [1.54, 1.807) is 0 Å². The Kier molecular flexibility index (Phi) is 1.31. The highest BCUT2D eigenvalue weighted by atomic mass is 15.2. The van der Waals surface area contributed by atoms with E-state index in [2.05, 4.69) is 26.1 Å². The average molecular weight is 113 g/mol. The lowest BCUT2D eigenvalue weighted by molar-refractivity contribution is 0.688. The molecule has 1 nitrogen and oxygen atoms in total. The molecular formula is C7H15N. The first-order chi connectivity index (χ1) is 3.67. The molecule has 1 N–H and O–H groups in total. The summed E-state index contributed by atoms with van der Waals surface area (Å²) in [6.07, 6.45) is 2.65. The third kappa shape index (κ3) is 1.03. The van der Waals surface area contributed by atoms with Gasteiger partial charge in [-0.05, 0) is 20.3 Å². The van der Waals surface area contributed by atoms with Gasteiger partial charge in [0.05, 0.1) is 0 Å². The zero-order valence-corrected chi connectivity index (χ0v) is 5.99. The summed E-state index contributed by atoms with van der Waals surface area (Å²) < 4.78 is 0. The fourth-order valence-electron chi connectivity index (χ4n) is 1.13. The smallest absolute Gasteiger partial charge is 0.0281 e. The van der Waals surface area contributed by atoms with Crippen LogP contribution in [0.25, 0.3) is 0 Å². The minimum absolute atomic E-state index is 0.468. The average Bonchev–Trinajstić information content (AvgIpc) is 2.15. The van der Waals surface area contributed by atoms with Gasteiger partial charge in [0.15, 0.2) is 0 Å². The second-order valence-corrected chi connectivity index (χ2v) is 3.21. The SMILES string of the molecule is CCCC1NC1(C)C. The first kappa shape index (κ1) is 6.09. The van der Waals surface area contributed by atoms with Crippen molar-refractivity contribution in [3.63, 3.8) is 0 Å². The van der Waals surface area contributed by atoms with E-state index in [0.29, 0.717) is 5.54 Å². The molecule has 0 aromatic rings. The van der Waals surface area contributed by atoms with Crippen LogP contribution in [0.3, 0.4) is 0 Å². The summed E-state index contributed by atoms with van der Waals surface area (Å²) in [5.41, 5.74) is 0.468. The maximum absolute atomic E-state index is 3.41. The second-order valence-electron chi connectivity index (χ2n) is 3.21. The third-order valence-corrected chi connectivity index (χ3v) is 1.91. The Morgan fingerprint density at radius 2 is 2.00 bits per heavy atom. The normalized spacial score (nSPS) is 32.6. The minimum Gasteiger partial charge on any atom is -0.306 e. The van der Waals surface area contributed by atoms with Gasteiger partial charge >= 0.3 is 0 Å². The summed E-state index contributed by atoms with van der Waals surface area (Å²) in [5, 5.41) is 3.41. The van der Waals surface area contributed by atoms with Crippen LogP contribution in [0.4, 0.5) is 0 Å². The predicted molar refractivity (Wildman–Crippen MR) is 35.9 cm³/mol. The van der Waals surface area contributed by atoms with Crippen molar-refractivity contribution in [2.75, 3.05) is 0 Å². The van der Waals surface area contributed by atoms with E-state index in [1.165, 1.54) is 12.8 Å². The molecule has 1 heterocycles. The molecule has 0 bridgehead atoms. The van der Waals surface area contributed by atoms with Crippen molar-refractivity contribution in [2.24, 2.45) is 0 Å². The first-order valence-electron chi connectivity index (χ1n) is 3.44. The molecule has 0 aromatic carbocycles. The molecule has 0 saturated carbocycles. The van der Waals surface area contributed by atoms with E-state index in [9.17, 15) is 0 Å². The number of hydrogen-bond acceptors (Lipinski definition) is 1. The van der Waals surface area contributed by atoms with Gasteiger partial charge in [0.1, 0.15) is 0 Å². The van der Waals surface area contributed by atoms with Gasteiger partial charge < -0.3 is 5.32 Å². The highest BCUT2D eigenvalue weighted by Gasteiger charge is 2.43. The van der Waals surface area contributed by atoms with Crippen LogP contribution in [0.2, 0.25) is 0 Å². The molecule has 1 saturated heterocycles. The zero-order valence-electron chi connectivity index (χ0n) is 5.99. The van der Waals surface area contributed by atoms with E-state index in [-0.39, 0.29) is 0 Å². The summed E-state index contributed by atoms with van der Waals surface area (Å²) in [7, 11) is 0. The van der Waals surface area contributed by atoms with Crippen LogP contribution in [0.1, 0.15) is 33.6 Å². The molecule has 0 aromatic heterocycles. The Hall–Kier alpha value is -0.0400. The Balaban J connectivity index is 2.17. The van der Waals surface area contributed by atoms with Crippen molar-refractivity contribution in [1.82, 2.24) is 5.32 Å². The molecule has 0 aliphatic carbocycles. The van der Waals surface area contributed by atoms with E-state index in [0.717, 1.165) is 6.04 Å². The zero-order chi connectivity index (χ0) is 6.20. The highest BCUT2D eigenvalue weighted by molar-refractivity contribution is 5.06. The molecule has 48 valence electrons. The largest absolute Gasteiger partial charge is 0.306 e. The monoisotopic (exact) mass is 113 g/mol. The van der Waals surface area contributed by atoms with Crippen molar-refractivity contribution < 1.29 is 0 Å². The van der Waals surface area contributed by atoms with Crippen LogP contribution in [-0.2, 0) is 0 Å². The van der Waals surface area contributed by atoms with Gasteiger partial charge in [-0.25, -0.2) is 0 Å². The van der Waals surface area contributed by atoms with Gasteiger partial charge in [0.2, 0.25) is 0 Å². The molecule has 8 heavy (non-hydrogen) atoms.